The van der Waals surface area contributed by atoms with E-state index in [-0.39, 0.29) is 36.2 Å². The van der Waals surface area contributed by atoms with Gasteiger partial charge in [-0.2, -0.15) is 0 Å². The van der Waals surface area contributed by atoms with Gasteiger partial charge in [0.15, 0.2) is 0 Å². The Morgan fingerprint density at radius 3 is 2.32 bits per heavy atom. The molecule has 1 unspecified atom stereocenters. The number of carbonyl (C=O) groups excluding carboxylic acids is 2. The smallest absolute Gasteiger partial charge is 0.337 e. The highest BCUT2D eigenvalue weighted by atomic mass is 16.6. The second-order valence-corrected chi connectivity index (χ2v) is 10.2. The summed E-state index contributed by atoms with van der Waals surface area (Å²) in [7, 11) is 0. The average molecular weight is 564 g/mol. The van der Waals surface area contributed by atoms with Crippen LogP contribution in [-0.2, 0) is 30.3 Å². The Bertz CT molecular complexity index is 1310. The summed E-state index contributed by atoms with van der Waals surface area (Å²) >= 11 is 0. The van der Waals surface area contributed by atoms with Gasteiger partial charge in [-0.05, 0) is 44.7 Å². The summed E-state index contributed by atoms with van der Waals surface area (Å²) < 4.78 is 16.8. The lowest BCUT2D eigenvalue weighted by Crippen LogP contribution is -2.39. The van der Waals surface area contributed by atoms with E-state index in [1.807, 2.05) is 25.1 Å². The molecule has 0 radical (unpaired) electrons. The number of nitrogens with zero attached hydrogens (tertiary/aromatic N) is 2. The van der Waals surface area contributed by atoms with E-state index in [2.05, 4.69) is 22.3 Å². The number of piperidine rings is 1. The van der Waals surface area contributed by atoms with Crippen LogP contribution >= 0.6 is 0 Å². The van der Waals surface area contributed by atoms with Crippen LogP contribution in [0.3, 0.4) is 0 Å². The highest BCUT2D eigenvalue weighted by Crippen LogP contribution is 2.40. The van der Waals surface area contributed by atoms with Gasteiger partial charge in [0.05, 0.1) is 28.6 Å². The summed E-state index contributed by atoms with van der Waals surface area (Å²) in [4.78, 5) is 40.5. The van der Waals surface area contributed by atoms with E-state index in [1.54, 1.807) is 26.0 Å². The minimum Gasteiger partial charge on any atom is -0.460 e. The number of non-ortho nitro benzene ring substituents is 1. The summed E-state index contributed by atoms with van der Waals surface area (Å²) in [6.45, 7) is 8.47. The van der Waals surface area contributed by atoms with Crippen molar-refractivity contribution >= 4 is 17.6 Å². The summed E-state index contributed by atoms with van der Waals surface area (Å²) in [6, 6.07) is 16.2. The van der Waals surface area contributed by atoms with Gasteiger partial charge < -0.3 is 19.5 Å². The lowest BCUT2D eigenvalue weighted by atomic mass is 9.80. The van der Waals surface area contributed by atoms with Gasteiger partial charge in [-0.1, -0.05) is 42.5 Å². The number of hydrogen-bond acceptors (Lipinski definition) is 9. The van der Waals surface area contributed by atoms with Crippen LogP contribution in [0.25, 0.3) is 0 Å². The summed E-state index contributed by atoms with van der Waals surface area (Å²) in [5, 5.41) is 14.7. The third kappa shape index (κ3) is 7.59. The normalized spacial score (nSPS) is 18.2. The fraction of sp³-hybridized carbons (Fsp3) is 0.419. The molecule has 0 bridgehead atoms. The van der Waals surface area contributed by atoms with Gasteiger partial charge >= 0.3 is 11.9 Å². The van der Waals surface area contributed by atoms with Crippen LogP contribution in [-0.4, -0.2) is 60.8 Å². The zero-order valence-electron chi connectivity index (χ0n) is 23.8. The quantitative estimate of drug-likeness (QED) is 0.181. The summed E-state index contributed by atoms with van der Waals surface area (Å²) in [5.74, 6) is -2.08. The third-order valence-electron chi connectivity index (χ3n) is 7.34. The minimum atomic E-state index is -0.901. The van der Waals surface area contributed by atoms with E-state index in [0.717, 1.165) is 19.6 Å². The first-order valence-corrected chi connectivity index (χ1v) is 13.9. The SMILES string of the molecule is CCOCCOC(=O)C1=C(C)NC(C)=C(C(=O)OC2CCN(Cc3ccccc3)CC2)C1c1cccc([N+](=O)[O-])c1. The molecule has 0 aliphatic carbocycles. The van der Waals surface area contributed by atoms with Gasteiger partial charge in [-0.15, -0.1) is 0 Å². The number of esters is 2. The van der Waals surface area contributed by atoms with Crippen LogP contribution in [0.15, 0.2) is 77.1 Å². The molecule has 2 aromatic carbocycles. The number of dihydropyridines is 1. The van der Waals surface area contributed by atoms with Gasteiger partial charge in [0, 0.05) is 49.8 Å². The third-order valence-corrected chi connectivity index (χ3v) is 7.34. The van der Waals surface area contributed by atoms with E-state index in [9.17, 15) is 19.7 Å². The number of rotatable bonds is 11. The molecule has 2 heterocycles. The number of nitro groups is 1. The Hall–Kier alpha value is -4.02. The van der Waals surface area contributed by atoms with Gasteiger partial charge in [0.1, 0.15) is 12.7 Å². The standard InChI is InChI=1S/C31H37N3O7/c1-4-39-17-18-40-30(35)27-21(2)32-22(3)28(29(27)24-11-8-12-25(19-24)34(37)38)31(36)41-26-13-15-33(16-14-26)20-23-9-6-5-7-10-23/h5-12,19,26,29,32H,4,13-18,20H2,1-3H3. The van der Waals surface area contributed by atoms with Crippen molar-refractivity contribution in [3.63, 3.8) is 0 Å². The van der Waals surface area contributed by atoms with E-state index in [1.165, 1.54) is 17.7 Å². The molecule has 1 saturated heterocycles. The molecule has 2 aliphatic rings. The molecule has 218 valence electrons. The van der Waals surface area contributed by atoms with Crippen LogP contribution in [0.2, 0.25) is 0 Å². The van der Waals surface area contributed by atoms with Crippen LogP contribution in [0.4, 0.5) is 5.69 Å². The van der Waals surface area contributed by atoms with Crippen molar-refractivity contribution in [3.8, 4) is 0 Å². The summed E-state index contributed by atoms with van der Waals surface area (Å²) in [6.07, 6.45) is 1.08. The zero-order chi connectivity index (χ0) is 29.4. The minimum absolute atomic E-state index is 0.0368. The maximum Gasteiger partial charge on any atom is 0.337 e. The molecule has 41 heavy (non-hydrogen) atoms. The van der Waals surface area contributed by atoms with E-state index in [4.69, 9.17) is 14.2 Å². The lowest BCUT2D eigenvalue weighted by molar-refractivity contribution is -0.384. The maximum atomic E-state index is 13.8. The average Bonchev–Trinajstić information content (AvgIpc) is 2.96. The van der Waals surface area contributed by atoms with Crippen molar-refractivity contribution in [2.45, 2.75) is 52.2 Å². The highest BCUT2D eigenvalue weighted by Gasteiger charge is 2.39. The van der Waals surface area contributed by atoms with Crippen LogP contribution in [0.1, 0.15) is 50.7 Å². The molecule has 1 atom stereocenters. The summed E-state index contributed by atoms with van der Waals surface area (Å²) in [5.41, 5.74) is 3.00. The van der Waals surface area contributed by atoms with Crippen LogP contribution < -0.4 is 5.32 Å². The fourth-order valence-electron chi connectivity index (χ4n) is 5.34. The van der Waals surface area contributed by atoms with Gasteiger partial charge in [0.2, 0.25) is 0 Å². The van der Waals surface area contributed by atoms with E-state index in [0.29, 0.717) is 36.4 Å². The van der Waals surface area contributed by atoms with Crippen LogP contribution in [0.5, 0.6) is 0 Å². The number of nitrogens with one attached hydrogen (secondary N) is 1. The molecule has 10 nitrogen and oxygen atoms in total. The van der Waals surface area contributed by atoms with Crippen molar-refractivity contribution < 1.29 is 28.7 Å². The molecular formula is C31H37N3O7. The molecule has 2 aromatic rings. The maximum absolute atomic E-state index is 13.8. The molecule has 0 spiro atoms. The second-order valence-electron chi connectivity index (χ2n) is 10.2. The number of carbonyl (C=O) groups is 2. The van der Waals surface area contributed by atoms with Gasteiger partial charge in [0.25, 0.3) is 5.69 Å². The lowest BCUT2D eigenvalue weighted by Gasteiger charge is -2.34. The first kappa shape index (κ1) is 30.0. The first-order valence-electron chi connectivity index (χ1n) is 13.9. The number of hydrogen-bond donors (Lipinski definition) is 1. The molecule has 0 saturated carbocycles. The Morgan fingerprint density at radius 1 is 0.976 bits per heavy atom. The van der Waals surface area contributed by atoms with E-state index >= 15 is 0 Å². The number of benzene rings is 2. The highest BCUT2D eigenvalue weighted by molar-refractivity contribution is 6.00. The topological polar surface area (TPSA) is 120 Å². The number of likely N-dealkylation sites (tertiary alicyclic amines) is 1. The van der Waals surface area contributed by atoms with Crippen molar-refractivity contribution in [1.82, 2.24) is 10.2 Å². The zero-order valence-corrected chi connectivity index (χ0v) is 23.8. The number of allylic oxidation sites excluding steroid dienone is 2. The molecule has 1 fully saturated rings. The Kier molecular flexibility index (Phi) is 10.3. The predicted molar refractivity (Wildman–Crippen MR) is 153 cm³/mol. The van der Waals surface area contributed by atoms with Gasteiger partial charge in [-0.25, -0.2) is 9.59 Å². The molecule has 0 amide bonds. The molecule has 1 N–H and O–H groups in total. The number of nitro benzene ring substituents is 1. The molecule has 2 aliphatic heterocycles. The molecular weight excluding hydrogens is 526 g/mol. The Morgan fingerprint density at radius 2 is 1.66 bits per heavy atom. The van der Waals surface area contributed by atoms with Crippen LogP contribution in [0, 0.1) is 10.1 Å². The monoisotopic (exact) mass is 563 g/mol. The predicted octanol–water partition coefficient (Wildman–Crippen LogP) is 4.62. The molecule has 0 aromatic heterocycles. The Labute approximate surface area is 240 Å². The van der Waals surface area contributed by atoms with Crippen molar-refractivity contribution in [1.29, 1.82) is 0 Å². The van der Waals surface area contributed by atoms with Crippen molar-refractivity contribution in [2.24, 2.45) is 0 Å². The van der Waals surface area contributed by atoms with Crippen molar-refractivity contribution in [2.75, 3.05) is 32.9 Å². The largest absolute Gasteiger partial charge is 0.460 e. The Balaban J connectivity index is 1.55. The second kappa shape index (κ2) is 14.0. The fourth-order valence-corrected chi connectivity index (χ4v) is 5.34. The van der Waals surface area contributed by atoms with Gasteiger partial charge in [-0.3, -0.25) is 15.0 Å². The number of ether oxygens (including phenoxy) is 3. The van der Waals surface area contributed by atoms with Crippen molar-refractivity contribution in [3.05, 3.63) is 98.4 Å². The van der Waals surface area contributed by atoms with E-state index < -0.39 is 22.8 Å². The molecule has 10 heteroatoms. The first-order chi connectivity index (χ1) is 19.8. The molecule has 4 rings (SSSR count).